The van der Waals surface area contributed by atoms with Crippen molar-refractivity contribution in [1.29, 1.82) is 0 Å². The average Bonchev–Trinajstić information content (AvgIpc) is 2.06. The molecule has 1 N–H and O–H groups in total. The second-order valence-electron chi connectivity index (χ2n) is 3.08. The van der Waals surface area contributed by atoms with Crippen LogP contribution in [0, 0.1) is 5.92 Å². The zero-order valence-corrected chi connectivity index (χ0v) is 7.43. The summed E-state index contributed by atoms with van der Waals surface area (Å²) < 4.78 is 0. The molecule has 0 aromatic carbocycles. The Morgan fingerprint density at radius 1 is 1.64 bits per heavy atom. The SMILES string of the molecule is CCC[C@H]1C=CC=C(NC)C1. The van der Waals surface area contributed by atoms with Gasteiger partial charge >= 0.3 is 0 Å². The Kier molecular flexibility index (Phi) is 3.21. The first-order valence-corrected chi connectivity index (χ1v) is 4.42. The van der Waals surface area contributed by atoms with E-state index in [2.05, 4.69) is 30.5 Å². The Labute approximate surface area is 69.2 Å². The fourth-order valence-corrected chi connectivity index (χ4v) is 1.50. The molecule has 0 aliphatic heterocycles. The van der Waals surface area contributed by atoms with Gasteiger partial charge in [-0.3, -0.25) is 0 Å². The van der Waals surface area contributed by atoms with Crippen molar-refractivity contribution in [2.24, 2.45) is 5.92 Å². The number of rotatable bonds is 3. The van der Waals surface area contributed by atoms with E-state index in [0.717, 1.165) is 5.92 Å². The third-order valence-electron chi connectivity index (χ3n) is 2.14. The summed E-state index contributed by atoms with van der Waals surface area (Å²) in [6, 6.07) is 0. The summed E-state index contributed by atoms with van der Waals surface area (Å²) in [5.74, 6) is 0.771. The Hall–Kier alpha value is -0.720. The lowest BCUT2D eigenvalue weighted by molar-refractivity contribution is 0.555. The van der Waals surface area contributed by atoms with E-state index in [9.17, 15) is 0 Å². The van der Waals surface area contributed by atoms with E-state index in [-0.39, 0.29) is 0 Å². The molecule has 1 atom stereocenters. The molecule has 1 aliphatic carbocycles. The Morgan fingerprint density at radius 2 is 2.45 bits per heavy atom. The van der Waals surface area contributed by atoms with Crippen molar-refractivity contribution in [1.82, 2.24) is 5.32 Å². The van der Waals surface area contributed by atoms with Crippen LogP contribution < -0.4 is 5.32 Å². The van der Waals surface area contributed by atoms with Gasteiger partial charge in [-0.15, -0.1) is 0 Å². The van der Waals surface area contributed by atoms with Crippen LogP contribution in [0.5, 0.6) is 0 Å². The summed E-state index contributed by atoms with van der Waals surface area (Å²) >= 11 is 0. The van der Waals surface area contributed by atoms with Gasteiger partial charge in [0, 0.05) is 12.7 Å². The first-order valence-electron chi connectivity index (χ1n) is 4.42. The van der Waals surface area contributed by atoms with Gasteiger partial charge in [-0.25, -0.2) is 0 Å². The van der Waals surface area contributed by atoms with Crippen LogP contribution in [0.4, 0.5) is 0 Å². The minimum absolute atomic E-state index is 0.771. The van der Waals surface area contributed by atoms with Gasteiger partial charge in [0.05, 0.1) is 0 Å². The maximum absolute atomic E-state index is 3.20. The van der Waals surface area contributed by atoms with Crippen LogP contribution in [0.3, 0.4) is 0 Å². The molecule has 0 fully saturated rings. The molecule has 1 heteroatoms. The van der Waals surface area contributed by atoms with Gasteiger partial charge < -0.3 is 5.32 Å². The fourth-order valence-electron chi connectivity index (χ4n) is 1.50. The highest BCUT2D eigenvalue weighted by molar-refractivity contribution is 5.18. The molecule has 0 radical (unpaired) electrons. The Morgan fingerprint density at radius 3 is 3.09 bits per heavy atom. The molecule has 0 spiro atoms. The van der Waals surface area contributed by atoms with Gasteiger partial charge in [-0.1, -0.05) is 25.5 Å². The maximum atomic E-state index is 3.20. The standard InChI is InChI=1S/C10H17N/c1-3-5-9-6-4-7-10(8-9)11-2/h4,6-7,9,11H,3,5,8H2,1-2H3/t9-/m0/s1. The van der Waals surface area contributed by atoms with Crippen LogP contribution in [-0.4, -0.2) is 7.05 Å². The largest absolute Gasteiger partial charge is 0.391 e. The van der Waals surface area contributed by atoms with Crippen molar-refractivity contribution in [2.75, 3.05) is 7.05 Å². The number of nitrogens with one attached hydrogen (secondary N) is 1. The number of allylic oxidation sites excluding steroid dienone is 4. The smallest absolute Gasteiger partial charge is 0.0110 e. The van der Waals surface area contributed by atoms with Crippen LogP contribution >= 0.6 is 0 Å². The first-order chi connectivity index (χ1) is 5.36. The Balaban J connectivity index is 2.41. The summed E-state index contributed by atoms with van der Waals surface area (Å²) in [5, 5.41) is 3.20. The predicted molar refractivity (Wildman–Crippen MR) is 49.3 cm³/mol. The van der Waals surface area contributed by atoms with E-state index >= 15 is 0 Å². The Bertz CT molecular complexity index is 168. The van der Waals surface area contributed by atoms with E-state index < -0.39 is 0 Å². The zero-order chi connectivity index (χ0) is 8.10. The molecule has 0 amide bonds. The van der Waals surface area contributed by atoms with Gasteiger partial charge in [-0.05, 0) is 24.8 Å². The summed E-state index contributed by atoms with van der Waals surface area (Å²) in [7, 11) is 1.99. The molecular formula is C10H17N. The quantitative estimate of drug-likeness (QED) is 0.653. The first kappa shape index (κ1) is 8.38. The summed E-state index contributed by atoms with van der Waals surface area (Å²) in [6.45, 7) is 2.24. The van der Waals surface area contributed by atoms with Crippen molar-refractivity contribution < 1.29 is 0 Å². The molecule has 11 heavy (non-hydrogen) atoms. The van der Waals surface area contributed by atoms with Crippen LogP contribution in [0.1, 0.15) is 26.2 Å². The molecule has 1 nitrogen and oxygen atoms in total. The topological polar surface area (TPSA) is 12.0 Å². The van der Waals surface area contributed by atoms with Gasteiger partial charge in [0.25, 0.3) is 0 Å². The molecule has 0 aromatic rings. The van der Waals surface area contributed by atoms with Crippen molar-refractivity contribution in [3.63, 3.8) is 0 Å². The molecule has 0 saturated carbocycles. The van der Waals surface area contributed by atoms with Gasteiger partial charge in [0.15, 0.2) is 0 Å². The second-order valence-corrected chi connectivity index (χ2v) is 3.08. The summed E-state index contributed by atoms with van der Waals surface area (Å²) in [6.07, 6.45) is 10.4. The van der Waals surface area contributed by atoms with Gasteiger partial charge in [-0.2, -0.15) is 0 Å². The van der Waals surface area contributed by atoms with Crippen molar-refractivity contribution in [3.8, 4) is 0 Å². The van der Waals surface area contributed by atoms with E-state index in [1.165, 1.54) is 25.0 Å². The molecule has 62 valence electrons. The number of hydrogen-bond donors (Lipinski definition) is 1. The fraction of sp³-hybridized carbons (Fsp3) is 0.600. The summed E-state index contributed by atoms with van der Waals surface area (Å²) in [4.78, 5) is 0. The zero-order valence-electron chi connectivity index (χ0n) is 7.43. The van der Waals surface area contributed by atoms with Crippen LogP contribution in [0.25, 0.3) is 0 Å². The highest BCUT2D eigenvalue weighted by atomic mass is 14.8. The van der Waals surface area contributed by atoms with E-state index in [4.69, 9.17) is 0 Å². The lowest BCUT2D eigenvalue weighted by atomic mass is 9.94. The van der Waals surface area contributed by atoms with Crippen molar-refractivity contribution in [3.05, 3.63) is 23.9 Å². The minimum Gasteiger partial charge on any atom is -0.391 e. The van der Waals surface area contributed by atoms with Crippen LogP contribution in [-0.2, 0) is 0 Å². The monoisotopic (exact) mass is 151 g/mol. The van der Waals surface area contributed by atoms with E-state index in [1.807, 2.05) is 7.05 Å². The molecule has 1 aliphatic rings. The molecule has 1 rings (SSSR count). The second kappa shape index (κ2) is 4.22. The van der Waals surface area contributed by atoms with Crippen LogP contribution in [0.2, 0.25) is 0 Å². The van der Waals surface area contributed by atoms with Crippen LogP contribution in [0.15, 0.2) is 23.9 Å². The number of hydrogen-bond acceptors (Lipinski definition) is 1. The molecule has 0 aromatic heterocycles. The van der Waals surface area contributed by atoms with E-state index in [1.54, 1.807) is 0 Å². The lowest BCUT2D eigenvalue weighted by Gasteiger charge is -2.17. The highest BCUT2D eigenvalue weighted by Crippen LogP contribution is 2.20. The highest BCUT2D eigenvalue weighted by Gasteiger charge is 2.08. The van der Waals surface area contributed by atoms with Crippen molar-refractivity contribution in [2.45, 2.75) is 26.2 Å². The molecule has 0 bridgehead atoms. The lowest BCUT2D eigenvalue weighted by Crippen LogP contribution is -2.12. The normalized spacial score (nSPS) is 23.1. The minimum atomic E-state index is 0.771. The third-order valence-corrected chi connectivity index (χ3v) is 2.14. The molecule has 0 unspecified atom stereocenters. The third kappa shape index (κ3) is 2.41. The van der Waals surface area contributed by atoms with Gasteiger partial charge in [0.2, 0.25) is 0 Å². The van der Waals surface area contributed by atoms with E-state index in [0.29, 0.717) is 0 Å². The predicted octanol–water partition coefficient (Wildman–Crippen LogP) is 2.47. The average molecular weight is 151 g/mol. The molecular weight excluding hydrogens is 134 g/mol. The molecule has 0 heterocycles. The van der Waals surface area contributed by atoms with Gasteiger partial charge in [0.1, 0.15) is 0 Å². The van der Waals surface area contributed by atoms with Crippen molar-refractivity contribution >= 4 is 0 Å². The maximum Gasteiger partial charge on any atom is 0.0110 e. The molecule has 0 saturated heterocycles. The summed E-state index contributed by atoms with van der Waals surface area (Å²) in [5.41, 5.74) is 1.37.